The van der Waals surface area contributed by atoms with Crippen LogP contribution in [0.15, 0.2) is 36.4 Å². The van der Waals surface area contributed by atoms with Gasteiger partial charge in [0.15, 0.2) is 0 Å². The molecule has 0 fully saturated rings. The minimum absolute atomic E-state index is 0.0235. The van der Waals surface area contributed by atoms with Crippen molar-refractivity contribution in [3.8, 4) is 33.6 Å². The van der Waals surface area contributed by atoms with Gasteiger partial charge in [-0.15, -0.1) is 0 Å². The van der Waals surface area contributed by atoms with Gasteiger partial charge >= 0.3 is 0 Å². The maximum atomic E-state index is 4.99. The highest BCUT2D eigenvalue weighted by Gasteiger charge is 2.29. The SMILES string of the molecule is CC(C)c1nc2c([nH]1)-c1ccc3c(c1CC2)CCc1cc2cc4c(cc2cc1-3)CCc1nc(C(C)(C)C)[nH]c1-4. The van der Waals surface area contributed by atoms with Gasteiger partial charge in [0.05, 0.1) is 22.8 Å². The molecule has 0 unspecified atom stereocenters. The lowest BCUT2D eigenvalue weighted by atomic mass is 9.77. The highest BCUT2D eigenvalue weighted by molar-refractivity contribution is 5.95. The van der Waals surface area contributed by atoms with E-state index in [1.165, 1.54) is 72.5 Å². The van der Waals surface area contributed by atoms with Crippen LogP contribution in [0.25, 0.3) is 44.4 Å². The van der Waals surface area contributed by atoms with Crippen LogP contribution in [0.4, 0.5) is 0 Å². The zero-order valence-electron chi connectivity index (χ0n) is 23.7. The van der Waals surface area contributed by atoms with Crippen molar-refractivity contribution in [2.45, 2.75) is 84.5 Å². The molecule has 0 saturated heterocycles. The Balaban J connectivity index is 1.24. The predicted octanol–water partition coefficient (Wildman–Crippen LogP) is 8.00. The van der Waals surface area contributed by atoms with E-state index >= 15 is 0 Å². The molecule has 0 atom stereocenters. The number of aromatic nitrogens is 4. The summed E-state index contributed by atoms with van der Waals surface area (Å²) in [6.45, 7) is 11.1. The van der Waals surface area contributed by atoms with E-state index < -0.39 is 0 Å². The third-order valence-electron chi connectivity index (χ3n) is 9.26. The van der Waals surface area contributed by atoms with Crippen LogP contribution in [0, 0.1) is 0 Å². The second kappa shape index (κ2) is 7.94. The molecule has 2 aromatic heterocycles. The first kappa shape index (κ1) is 23.2. The lowest BCUT2D eigenvalue weighted by Crippen LogP contribution is -2.13. The van der Waals surface area contributed by atoms with Gasteiger partial charge in [-0.2, -0.15) is 0 Å². The van der Waals surface area contributed by atoms with Gasteiger partial charge in [-0.1, -0.05) is 58.9 Å². The van der Waals surface area contributed by atoms with Crippen molar-refractivity contribution in [1.29, 1.82) is 0 Å². The number of rotatable bonds is 1. The number of aromatic amines is 2. The minimum Gasteiger partial charge on any atom is -0.342 e. The molecule has 3 aliphatic carbocycles. The maximum Gasteiger partial charge on any atom is 0.112 e. The lowest BCUT2D eigenvalue weighted by Gasteiger charge is -2.27. The Morgan fingerprint density at radius 1 is 0.641 bits per heavy atom. The van der Waals surface area contributed by atoms with Crippen molar-refractivity contribution in [3.05, 3.63) is 81.7 Å². The zero-order valence-corrected chi connectivity index (χ0v) is 23.7. The van der Waals surface area contributed by atoms with Crippen molar-refractivity contribution in [2.24, 2.45) is 0 Å². The summed E-state index contributed by atoms with van der Waals surface area (Å²) in [4.78, 5) is 17.3. The Morgan fingerprint density at radius 3 is 2.00 bits per heavy atom. The quantitative estimate of drug-likeness (QED) is 0.239. The number of hydrogen-bond donors (Lipinski definition) is 2. The molecule has 196 valence electrons. The number of fused-ring (bicyclic) bond motifs is 11. The number of benzene rings is 3. The summed E-state index contributed by atoms with van der Waals surface area (Å²) in [7, 11) is 0. The second-order valence-corrected chi connectivity index (χ2v) is 13.2. The van der Waals surface area contributed by atoms with Crippen LogP contribution in [-0.2, 0) is 43.9 Å². The second-order valence-electron chi connectivity index (χ2n) is 13.2. The molecule has 0 saturated carbocycles. The lowest BCUT2D eigenvalue weighted by molar-refractivity contribution is 0.551. The summed E-state index contributed by atoms with van der Waals surface area (Å²) in [6, 6.07) is 14.5. The van der Waals surface area contributed by atoms with Crippen LogP contribution < -0.4 is 0 Å². The highest BCUT2D eigenvalue weighted by atomic mass is 15.0. The molecule has 2 N–H and O–H groups in total. The van der Waals surface area contributed by atoms with Crippen molar-refractivity contribution in [3.63, 3.8) is 0 Å². The van der Waals surface area contributed by atoms with Gasteiger partial charge < -0.3 is 9.97 Å². The summed E-state index contributed by atoms with van der Waals surface area (Å²) < 4.78 is 0. The van der Waals surface area contributed by atoms with Crippen LogP contribution in [-0.4, -0.2) is 19.9 Å². The average Bonchev–Trinajstić information content (AvgIpc) is 3.56. The molecule has 4 heteroatoms. The molecule has 0 aliphatic heterocycles. The summed E-state index contributed by atoms with van der Waals surface area (Å²) in [5, 5.41) is 2.70. The molecule has 0 spiro atoms. The Morgan fingerprint density at radius 2 is 1.23 bits per heavy atom. The van der Waals surface area contributed by atoms with Gasteiger partial charge in [0.25, 0.3) is 0 Å². The number of nitrogens with zero attached hydrogens (tertiary/aromatic N) is 2. The van der Waals surface area contributed by atoms with E-state index in [1.54, 1.807) is 5.56 Å². The molecule has 8 rings (SSSR count). The molecule has 5 aromatic rings. The molecule has 3 aliphatic rings. The van der Waals surface area contributed by atoms with E-state index in [1.807, 2.05) is 0 Å². The molecule has 0 amide bonds. The maximum absolute atomic E-state index is 4.99. The standard InChI is InChI=1S/C35H36N4/c1-18(2)33-36-29-13-11-24-23-8-6-19-14-22-17-28-20(7-12-30-32(28)39-34(37-30)35(3,4)5)15-21(22)16-27(19)25(23)9-10-26(24)31(29)38-33/h9-10,14-18H,6-8,11-13H2,1-5H3,(H,36,38)(H,37,39). The van der Waals surface area contributed by atoms with Gasteiger partial charge in [-0.05, 0) is 94.8 Å². The monoisotopic (exact) mass is 512 g/mol. The van der Waals surface area contributed by atoms with Crippen molar-refractivity contribution in [1.82, 2.24) is 19.9 Å². The third-order valence-corrected chi connectivity index (χ3v) is 9.26. The fraction of sp³-hybridized carbons (Fsp3) is 0.371. The Hall–Kier alpha value is -3.66. The fourth-order valence-electron chi connectivity index (χ4n) is 7.12. The Kier molecular flexibility index (Phi) is 4.73. The van der Waals surface area contributed by atoms with Crippen LogP contribution in [0.5, 0.6) is 0 Å². The first-order valence-corrected chi connectivity index (χ1v) is 14.7. The molecule has 3 aromatic carbocycles. The Labute approximate surface area is 230 Å². The van der Waals surface area contributed by atoms with Crippen LogP contribution >= 0.6 is 0 Å². The smallest absolute Gasteiger partial charge is 0.112 e. The highest BCUT2D eigenvalue weighted by Crippen LogP contribution is 2.44. The van der Waals surface area contributed by atoms with Crippen LogP contribution in [0.2, 0.25) is 0 Å². The van der Waals surface area contributed by atoms with E-state index in [9.17, 15) is 0 Å². The first-order valence-electron chi connectivity index (χ1n) is 14.7. The molecular formula is C35H36N4. The van der Waals surface area contributed by atoms with E-state index in [4.69, 9.17) is 9.97 Å². The van der Waals surface area contributed by atoms with Crippen molar-refractivity contribution in [2.75, 3.05) is 0 Å². The summed E-state index contributed by atoms with van der Waals surface area (Å²) in [6.07, 6.45) is 6.40. The molecule has 4 nitrogen and oxygen atoms in total. The summed E-state index contributed by atoms with van der Waals surface area (Å²) in [5.41, 5.74) is 16.6. The number of hydrogen-bond acceptors (Lipinski definition) is 2. The fourth-order valence-corrected chi connectivity index (χ4v) is 7.12. The third kappa shape index (κ3) is 3.43. The Bertz CT molecular complexity index is 1820. The largest absolute Gasteiger partial charge is 0.342 e. The molecule has 0 bridgehead atoms. The number of nitrogens with one attached hydrogen (secondary N) is 2. The number of aryl methyl sites for hydroxylation is 4. The molecular weight excluding hydrogens is 476 g/mol. The first-order chi connectivity index (χ1) is 18.7. The molecule has 2 heterocycles. The summed E-state index contributed by atoms with van der Waals surface area (Å²) in [5.74, 6) is 2.62. The topological polar surface area (TPSA) is 57.4 Å². The van der Waals surface area contributed by atoms with Crippen molar-refractivity contribution >= 4 is 10.8 Å². The van der Waals surface area contributed by atoms with Crippen LogP contribution in [0.1, 0.15) is 85.8 Å². The zero-order chi connectivity index (χ0) is 26.6. The number of H-pyrrole nitrogens is 2. The predicted molar refractivity (Wildman–Crippen MR) is 160 cm³/mol. The van der Waals surface area contributed by atoms with Gasteiger partial charge in [-0.3, -0.25) is 0 Å². The van der Waals surface area contributed by atoms with Crippen molar-refractivity contribution < 1.29 is 0 Å². The normalized spacial score (nSPS) is 15.4. The minimum atomic E-state index is 0.0235. The van der Waals surface area contributed by atoms with Gasteiger partial charge in [-0.25, -0.2) is 9.97 Å². The van der Waals surface area contributed by atoms with E-state index in [2.05, 4.69) is 81.0 Å². The molecule has 39 heavy (non-hydrogen) atoms. The van der Waals surface area contributed by atoms with E-state index in [-0.39, 0.29) is 5.41 Å². The number of imidazole rings is 2. The molecule has 0 radical (unpaired) electrons. The van der Waals surface area contributed by atoms with Crippen LogP contribution in [0.3, 0.4) is 0 Å². The van der Waals surface area contributed by atoms with Gasteiger partial charge in [0.2, 0.25) is 0 Å². The van der Waals surface area contributed by atoms with E-state index in [0.717, 1.165) is 50.2 Å². The van der Waals surface area contributed by atoms with Gasteiger partial charge in [0, 0.05) is 22.5 Å². The van der Waals surface area contributed by atoms with E-state index in [0.29, 0.717) is 5.92 Å². The summed E-state index contributed by atoms with van der Waals surface area (Å²) >= 11 is 0. The average molecular weight is 513 g/mol. The van der Waals surface area contributed by atoms with Gasteiger partial charge in [0.1, 0.15) is 11.6 Å².